The summed E-state index contributed by atoms with van der Waals surface area (Å²) in [5.74, 6) is 2.81. The molecule has 3 heterocycles. The lowest BCUT2D eigenvalue weighted by Gasteiger charge is -2.27. The van der Waals surface area contributed by atoms with Gasteiger partial charge >= 0.3 is 0 Å². The van der Waals surface area contributed by atoms with E-state index in [1.165, 1.54) is 18.6 Å². The smallest absolute Gasteiger partial charge is 0.134 e. The molecule has 4 rings (SSSR count). The summed E-state index contributed by atoms with van der Waals surface area (Å²) in [6, 6.07) is 8.36. The number of nitrogen functional groups attached to an aromatic ring is 1. The number of pyridine rings is 2. The number of hydrogen-bond acceptors (Lipinski definition) is 7. The number of nitrogens with two attached hydrogens (primary N) is 1. The van der Waals surface area contributed by atoms with Gasteiger partial charge < -0.3 is 20.8 Å². The first-order chi connectivity index (χ1) is 16.8. The quantitative estimate of drug-likeness (QED) is 0.269. The second kappa shape index (κ2) is 11.3. The third kappa shape index (κ3) is 6.07. The molecule has 0 bridgehead atoms. The van der Waals surface area contributed by atoms with E-state index < -0.39 is 11.9 Å². The van der Waals surface area contributed by atoms with E-state index >= 15 is 0 Å². The molecular formula is C25H24Cl2FN5OS. The minimum Gasteiger partial charge on any atom is -0.486 e. The molecule has 3 aromatic rings. The molecule has 1 fully saturated rings. The number of nitrogens with zero attached hydrogens (tertiary/aromatic N) is 3. The zero-order valence-corrected chi connectivity index (χ0v) is 21.3. The van der Waals surface area contributed by atoms with Crippen LogP contribution in [0.5, 0.6) is 5.75 Å². The van der Waals surface area contributed by atoms with Gasteiger partial charge in [-0.1, -0.05) is 23.2 Å². The van der Waals surface area contributed by atoms with Crippen LogP contribution in [0.3, 0.4) is 0 Å². The number of aromatic nitrogens is 2. The van der Waals surface area contributed by atoms with Crippen molar-refractivity contribution in [3.8, 4) is 5.75 Å². The van der Waals surface area contributed by atoms with E-state index in [9.17, 15) is 4.39 Å². The molecule has 1 atom stereocenters. The van der Waals surface area contributed by atoms with Crippen LogP contribution in [0.25, 0.3) is 5.83 Å². The molecule has 0 aliphatic carbocycles. The lowest BCUT2D eigenvalue weighted by Crippen LogP contribution is -2.32. The van der Waals surface area contributed by atoms with Crippen LogP contribution in [0.4, 0.5) is 15.9 Å². The predicted molar refractivity (Wildman–Crippen MR) is 144 cm³/mol. The normalized spacial score (nSPS) is 15.1. The number of hydrogen-bond donors (Lipinski definition) is 2. The van der Waals surface area contributed by atoms with Crippen LogP contribution in [-0.2, 0) is 0 Å². The zero-order chi connectivity index (χ0) is 24.9. The fourth-order valence-corrected chi connectivity index (χ4v) is 5.28. The molecule has 1 aromatic carbocycles. The van der Waals surface area contributed by atoms with Gasteiger partial charge in [-0.2, -0.15) is 11.8 Å². The number of rotatable bonds is 7. The largest absolute Gasteiger partial charge is 0.486 e. The van der Waals surface area contributed by atoms with Gasteiger partial charge in [0.25, 0.3) is 0 Å². The van der Waals surface area contributed by atoms with Gasteiger partial charge in [-0.15, -0.1) is 0 Å². The standard InChI is InChI=1S/C25H24Cl2FN5OS/c1-15(25-19(26)13-31-14-20(25)27)34-17-3-4-22(29)18(10-17)23(30)11-21(28)16-2-5-24(32-12-16)33-6-8-35-9-7-33/h2-5,10-15,30H,6-9,29H2,1H3/b21-11-,30-23?. The Morgan fingerprint density at radius 2 is 1.89 bits per heavy atom. The molecule has 182 valence electrons. The molecule has 10 heteroatoms. The van der Waals surface area contributed by atoms with Crippen molar-refractivity contribution in [2.75, 3.05) is 35.2 Å². The van der Waals surface area contributed by atoms with Crippen molar-refractivity contribution in [2.24, 2.45) is 0 Å². The SMILES string of the molecule is CC(Oc1ccc(N)c(C(=N)/C=C(\F)c2ccc(N3CCSCC3)nc2)c1)c1c(Cl)cncc1Cl. The minimum atomic E-state index is -0.572. The molecule has 0 amide bonds. The van der Waals surface area contributed by atoms with Gasteiger partial charge in [-0.25, -0.2) is 9.37 Å². The first-order valence-corrected chi connectivity index (χ1v) is 12.8. The lowest BCUT2D eigenvalue weighted by molar-refractivity contribution is 0.227. The van der Waals surface area contributed by atoms with Gasteiger partial charge in [0, 0.05) is 71.6 Å². The Morgan fingerprint density at radius 1 is 1.17 bits per heavy atom. The fraction of sp³-hybridized carbons (Fsp3) is 0.240. The van der Waals surface area contributed by atoms with Crippen molar-refractivity contribution >= 4 is 58.0 Å². The van der Waals surface area contributed by atoms with Crippen molar-refractivity contribution in [1.82, 2.24) is 9.97 Å². The highest BCUT2D eigenvalue weighted by molar-refractivity contribution is 7.99. The predicted octanol–water partition coefficient (Wildman–Crippen LogP) is 6.44. The van der Waals surface area contributed by atoms with Crippen molar-refractivity contribution < 1.29 is 9.13 Å². The summed E-state index contributed by atoms with van der Waals surface area (Å²) in [5.41, 5.74) is 7.56. The lowest BCUT2D eigenvalue weighted by atomic mass is 10.1. The maximum atomic E-state index is 15.0. The van der Waals surface area contributed by atoms with Crippen LogP contribution >= 0.6 is 35.0 Å². The molecule has 0 spiro atoms. The molecular weight excluding hydrogens is 508 g/mol. The summed E-state index contributed by atoms with van der Waals surface area (Å²) in [5, 5.41) is 9.20. The number of halogens is 3. The molecule has 2 aromatic heterocycles. The third-order valence-electron chi connectivity index (χ3n) is 5.55. The van der Waals surface area contributed by atoms with Crippen molar-refractivity contribution in [1.29, 1.82) is 5.41 Å². The van der Waals surface area contributed by atoms with Gasteiger partial charge in [-0.05, 0) is 37.3 Å². The second-order valence-electron chi connectivity index (χ2n) is 7.94. The molecule has 1 unspecified atom stereocenters. The van der Waals surface area contributed by atoms with E-state index in [1.54, 1.807) is 31.2 Å². The summed E-state index contributed by atoms with van der Waals surface area (Å²) >= 11 is 14.4. The topological polar surface area (TPSA) is 88.1 Å². The molecule has 0 saturated carbocycles. The average molecular weight is 532 g/mol. The van der Waals surface area contributed by atoms with E-state index in [-0.39, 0.29) is 5.71 Å². The van der Waals surface area contributed by atoms with E-state index in [0.717, 1.165) is 36.5 Å². The molecule has 1 aliphatic heterocycles. The number of benzene rings is 1. The van der Waals surface area contributed by atoms with E-state index in [1.807, 2.05) is 17.8 Å². The third-order valence-corrected chi connectivity index (χ3v) is 7.10. The van der Waals surface area contributed by atoms with E-state index in [2.05, 4.69) is 14.9 Å². The molecule has 1 saturated heterocycles. The Kier molecular flexibility index (Phi) is 8.15. The number of ether oxygens (including phenoxy) is 1. The molecule has 3 N–H and O–H groups in total. The van der Waals surface area contributed by atoms with Gasteiger partial charge in [-0.3, -0.25) is 4.98 Å². The van der Waals surface area contributed by atoms with E-state index in [4.69, 9.17) is 39.1 Å². The first kappa shape index (κ1) is 25.3. The maximum absolute atomic E-state index is 15.0. The fourth-order valence-electron chi connectivity index (χ4n) is 3.71. The number of nitrogens with one attached hydrogen (secondary N) is 1. The van der Waals surface area contributed by atoms with Crippen molar-refractivity contribution in [3.63, 3.8) is 0 Å². The van der Waals surface area contributed by atoms with Crippen LogP contribution in [0.15, 0.2) is 55.0 Å². The Morgan fingerprint density at radius 3 is 2.54 bits per heavy atom. The highest BCUT2D eigenvalue weighted by atomic mass is 35.5. The summed E-state index contributed by atoms with van der Waals surface area (Å²) in [4.78, 5) is 10.5. The molecule has 1 aliphatic rings. The average Bonchev–Trinajstić information content (AvgIpc) is 2.85. The van der Waals surface area contributed by atoms with Crippen molar-refractivity contribution in [3.05, 3.63) is 81.7 Å². The number of allylic oxidation sites excluding steroid dienone is 1. The molecule has 0 radical (unpaired) electrons. The van der Waals surface area contributed by atoms with Crippen LogP contribution in [0.1, 0.15) is 29.7 Å². The summed E-state index contributed by atoms with van der Waals surface area (Å²) in [6.45, 7) is 3.65. The van der Waals surface area contributed by atoms with Crippen LogP contribution < -0.4 is 15.4 Å². The molecule has 6 nitrogen and oxygen atoms in total. The van der Waals surface area contributed by atoms with Gasteiger partial charge in [0.15, 0.2) is 0 Å². The Bertz CT molecular complexity index is 1230. The molecule has 35 heavy (non-hydrogen) atoms. The maximum Gasteiger partial charge on any atom is 0.134 e. The number of anilines is 2. The summed E-state index contributed by atoms with van der Waals surface area (Å²) in [7, 11) is 0. The Labute approximate surface area is 217 Å². The van der Waals surface area contributed by atoms with Gasteiger partial charge in [0.2, 0.25) is 0 Å². The second-order valence-corrected chi connectivity index (χ2v) is 9.98. The van der Waals surface area contributed by atoms with Crippen LogP contribution in [0, 0.1) is 5.41 Å². The van der Waals surface area contributed by atoms with Crippen LogP contribution in [0.2, 0.25) is 10.0 Å². The summed E-state index contributed by atoms with van der Waals surface area (Å²) in [6.07, 6.45) is 5.12. The Balaban J connectivity index is 1.50. The monoisotopic (exact) mass is 531 g/mol. The number of thioether (sulfide) groups is 1. The Hall–Kier alpha value is -2.81. The van der Waals surface area contributed by atoms with E-state index in [0.29, 0.717) is 38.2 Å². The summed E-state index contributed by atoms with van der Waals surface area (Å²) < 4.78 is 20.9. The van der Waals surface area contributed by atoms with Crippen LogP contribution in [-0.4, -0.2) is 40.3 Å². The minimum absolute atomic E-state index is 0.0878. The highest BCUT2D eigenvalue weighted by Gasteiger charge is 2.17. The van der Waals surface area contributed by atoms with Crippen molar-refractivity contribution in [2.45, 2.75) is 13.0 Å². The van der Waals surface area contributed by atoms with Gasteiger partial charge in [0.05, 0.1) is 15.8 Å². The highest BCUT2D eigenvalue weighted by Crippen LogP contribution is 2.33. The zero-order valence-electron chi connectivity index (χ0n) is 19.0. The first-order valence-electron chi connectivity index (χ1n) is 10.9. The van der Waals surface area contributed by atoms with Gasteiger partial charge in [0.1, 0.15) is 23.5 Å².